The highest BCUT2D eigenvalue weighted by Crippen LogP contribution is 2.37. The predicted octanol–water partition coefficient (Wildman–Crippen LogP) is 5.59. The van der Waals surface area contributed by atoms with E-state index in [0.717, 1.165) is 17.9 Å². The van der Waals surface area contributed by atoms with Crippen LogP contribution in [0.4, 0.5) is 0 Å². The Labute approximate surface area is 198 Å². The van der Waals surface area contributed by atoms with Crippen molar-refractivity contribution in [3.63, 3.8) is 0 Å². The molecule has 4 heteroatoms. The van der Waals surface area contributed by atoms with E-state index >= 15 is 0 Å². The van der Waals surface area contributed by atoms with Crippen molar-refractivity contribution in [2.75, 3.05) is 0 Å². The minimum atomic E-state index is 0.791. The molecule has 0 amide bonds. The van der Waals surface area contributed by atoms with Crippen molar-refractivity contribution in [1.82, 2.24) is 14.1 Å². The van der Waals surface area contributed by atoms with E-state index in [1.54, 1.807) is 0 Å². The second-order valence-corrected chi connectivity index (χ2v) is 8.99. The van der Waals surface area contributed by atoms with Crippen LogP contribution < -0.4 is 5.46 Å². The molecule has 3 heterocycles. The van der Waals surface area contributed by atoms with Crippen molar-refractivity contribution < 1.29 is 0 Å². The molecule has 3 nitrogen and oxygen atoms in total. The molecule has 7 rings (SSSR count). The quantitative estimate of drug-likeness (QED) is 0.332. The van der Waals surface area contributed by atoms with E-state index in [-0.39, 0.29) is 0 Å². The molecule has 0 spiro atoms. The Balaban J connectivity index is 1.64. The van der Waals surface area contributed by atoms with Crippen LogP contribution in [0, 0.1) is 0 Å². The summed E-state index contributed by atoms with van der Waals surface area (Å²) in [5.41, 5.74) is 7.29. The normalized spacial score (nSPS) is 11.8. The van der Waals surface area contributed by atoms with Gasteiger partial charge in [0, 0.05) is 39.8 Å². The molecule has 0 unspecified atom stereocenters. The first-order chi connectivity index (χ1) is 16.8. The summed E-state index contributed by atoms with van der Waals surface area (Å²) in [5, 5.41) is 5.01. The molecule has 4 aromatic carbocycles. The molecule has 0 aliphatic carbocycles. The lowest BCUT2D eigenvalue weighted by Gasteiger charge is -2.13. The maximum Gasteiger partial charge on any atom is 0.162 e. The van der Waals surface area contributed by atoms with Crippen LogP contribution in [-0.2, 0) is 6.54 Å². The summed E-state index contributed by atoms with van der Waals surface area (Å²) in [4.78, 5) is 5.01. The number of nitrogens with zero attached hydrogens (tertiary/aromatic N) is 3. The molecule has 0 saturated carbocycles. The molecular formula is C30H22BN3. The Hall–Kier alpha value is -4.31. The number of hydrogen-bond acceptors (Lipinski definition) is 1. The van der Waals surface area contributed by atoms with Crippen LogP contribution in [0.25, 0.3) is 49.4 Å². The average Bonchev–Trinajstić information content (AvgIpc) is 3.38. The van der Waals surface area contributed by atoms with Crippen LogP contribution in [0.15, 0.2) is 109 Å². The fourth-order valence-corrected chi connectivity index (χ4v) is 5.39. The van der Waals surface area contributed by atoms with Gasteiger partial charge < -0.3 is 4.57 Å². The molecule has 0 saturated heterocycles. The molecule has 0 N–H and O–H groups in total. The minimum absolute atomic E-state index is 0.791. The van der Waals surface area contributed by atoms with Gasteiger partial charge in [0.2, 0.25) is 0 Å². The first-order valence-corrected chi connectivity index (χ1v) is 11.7. The highest BCUT2D eigenvalue weighted by Gasteiger charge is 2.20. The van der Waals surface area contributed by atoms with Crippen LogP contribution in [-0.4, -0.2) is 22.0 Å². The second kappa shape index (κ2) is 7.36. The van der Waals surface area contributed by atoms with E-state index in [9.17, 15) is 0 Å². The highest BCUT2D eigenvalue weighted by atomic mass is 15.1. The van der Waals surface area contributed by atoms with Gasteiger partial charge in [-0.25, -0.2) is 4.98 Å². The molecule has 0 aliphatic rings. The lowest BCUT2D eigenvalue weighted by molar-refractivity contribution is 0.861. The molecule has 160 valence electrons. The van der Waals surface area contributed by atoms with Crippen LogP contribution in [0.2, 0.25) is 0 Å². The maximum atomic E-state index is 5.01. The summed E-state index contributed by atoms with van der Waals surface area (Å²) in [5.74, 6) is 0.972. The van der Waals surface area contributed by atoms with Gasteiger partial charge in [0.1, 0.15) is 7.85 Å². The summed E-state index contributed by atoms with van der Waals surface area (Å²) >= 11 is 0. The molecule has 7 aromatic rings. The van der Waals surface area contributed by atoms with E-state index in [1.807, 2.05) is 6.20 Å². The van der Waals surface area contributed by atoms with Crippen molar-refractivity contribution >= 4 is 56.9 Å². The molecule has 34 heavy (non-hydrogen) atoms. The third kappa shape index (κ3) is 2.75. The zero-order valence-corrected chi connectivity index (χ0v) is 18.9. The molecular weight excluding hydrogens is 413 g/mol. The average molecular weight is 435 g/mol. The van der Waals surface area contributed by atoms with Crippen molar-refractivity contribution in [1.29, 1.82) is 0 Å². The van der Waals surface area contributed by atoms with Crippen molar-refractivity contribution in [3.8, 4) is 5.82 Å². The van der Waals surface area contributed by atoms with E-state index in [1.165, 1.54) is 49.1 Å². The van der Waals surface area contributed by atoms with Gasteiger partial charge in [-0.05, 0) is 29.8 Å². The molecule has 0 atom stereocenters. The molecule has 3 aromatic heterocycles. The fourth-order valence-electron chi connectivity index (χ4n) is 5.39. The molecule has 0 fully saturated rings. The number of aromatic nitrogens is 3. The number of fused-ring (bicyclic) bond motifs is 6. The van der Waals surface area contributed by atoms with Gasteiger partial charge in [-0.3, -0.25) is 4.57 Å². The summed E-state index contributed by atoms with van der Waals surface area (Å²) in [6.07, 6.45) is 1.95. The first-order valence-electron chi connectivity index (χ1n) is 11.7. The standard InChI is InChI=1S/C30H22BN3/c31-21-14-15-28-25(18-21)23-11-5-7-13-27(23)34(28)30-29-24(16-17-32-30)22-10-4-6-12-26(22)33(29)19-20-8-2-1-3-9-20/h1-18H,19,31H2. The summed E-state index contributed by atoms with van der Waals surface area (Å²) in [6.45, 7) is 0.791. The van der Waals surface area contributed by atoms with E-state index in [2.05, 4.69) is 120 Å². The van der Waals surface area contributed by atoms with Gasteiger partial charge in [0.15, 0.2) is 5.82 Å². The number of rotatable bonds is 3. The predicted molar refractivity (Wildman–Crippen MR) is 145 cm³/mol. The number of benzene rings is 4. The van der Waals surface area contributed by atoms with Gasteiger partial charge >= 0.3 is 0 Å². The fraction of sp³-hybridized carbons (Fsp3) is 0.0333. The van der Waals surface area contributed by atoms with Gasteiger partial charge in [-0.15, -0.1) is 0 Å². The largest absolute Gasteiger partial charge is 0.333 e. The Kier molecular flexibility index (Phi) is 4.15. The third-order valence-corrected chi connectivity index (χ3v) is 6.88. The van der Waals surface area contributed by atoms with E-state index in [0.29, 0.717) is 0 Å². The van der Waals surface area contributed by atoms with Gasteiger partial charge in [-0.1, -0.05) is 84.3 Å². The number of pyridine rings is 1. The maximum absolute atomic E-state index is 5.01. The Morgan fingerprint density at radius 2 is 1.29 bits per heavy atom. The zero-order chi connectivity index (χ0) is 22.6. The van der Waals surface area contributed by atoms with Crippen LogP contribution >= 0.6 is 0 Å². The van der Waals surface area contributed by atoms with Gasteiger partial charge in [0.05, 0.1) is 16.6 Å². The second-order valence-electron chi connectivity index (χ2n) is 8.99. The zero-order valence-electron chi connectivity index (χ0n) is 18.9. The van der Waals surface area contributed by atoms with Crippen LogP contribution in [0.5, 0.6) is 0 Å². The van der Waals surface area contributed by atoms with Crippen molar-refractivity contribution in [2.24, 2.45) is 0 Å². The lowest BCUT2D eigenvalue weighted by Crippen LogP contribution is -2.05. The Morgan fingerprint density at radius 3 is 2.12 bits per heavy atom. The Morgan fingerprint density at radius 1 is 0.618 bits per heavy atom. The monoisotopic (exact) mass is 435 g/mol. The van der Waals surface area contributed by atoms with Crippen molar-refractivity contribution in [2.45, 2.75) is 6.54 Å². The van der Waals surface area contributed by atoms with Crippen LogP contribution in [0.3, 0.4) is 0 Å². The Bertz CT molecular complexity index is 1840. The summed E-state index contributed by atoms with van der Waals surface area (Å²) < 4.78 is 4.77. The SMILES string of the molecule is Bc1ccc2c(c1)c1ccccc1n2-c1nccc2c3ccccc3n(Cc3ccccc3)c12. The molecule has 0 aliphatic heterocycles. The first kappa shape index (κ1) is 19.2. The van der Waals surface area contributed by atoms with E-state index in [4.69, 9.17) is 4.98 Å². The lowest BCUT2D eigenvalue weighted by atomic mass is 9.94. The topological polar surface area (TPSA) is 22.8 Å². The minimum Gasteiger partial charge on any atom is -0.333 e. The number of para-hydroxylation sites is 2. The highest BCUT2D eigenvalue weighted by molar-refractivity contribution is 6.34. The smallest absolute Gasteiger partial charge is 0.162 e. The van der Waals surface area contributed by atoms with Crippen molar-refractivity contribution in [3.05, 3.63) is 115 Å². The molecule has 0 radical (unpaired) electrons. The molecule has 0 bridgehead atoms. The van der Waals surface area contributed by atoms with Crippen LogP contribution in [0.1, 0.15) is 5.56 Å². The van der Waals surface area contributed by atoms with Gasteiger partial charge in [0.25, 0.3) is 0 Å². The number of hydrogen-bond donors (Lipinski definition) is 0. The third-order valence-electron chi connectivity index (χ3n) is 6.88. The van der Waals surface area contributed by atoms with Gasteiger partial charge in [-0.2, -0.15) is 0 Å². The summed E-state index contributed by atoms with van der Waals surface area (Å²) in [6, 6.07) is 36.9. The summed E-state index contributed by atoms with van der Waals surface area (Å²) in [7, 11) is 2.16. The van der Waals surface area contributed by atoms with E-state index < -0.39 is 0 Å².